The molecule has 0 bridgehead atoms. The normalized spacial score (nSPS) is 9.67. The predicted octanol–water partition coefficient (Wildman–Crippen LogP) is -0.213. The molecule has 6 heavy (non-hydrogen) atoms. The lowest BCUT2D eigenvalue weighted by Crippen LogP contribution is -1.96. The van der Waals surface area contributed by atoms with Crippen molar-refractivity contribution in [2.45, 2.75) is 6.92 Å². The molecule has 0 aromatic carbocycles. The molecule has 0 amide bonds. The third kappa shape index (κ3) is 3.98. The Balaban J connectivity index is 2.83. The second kappa shape index (κ2) is 3.18. The molecule has 0 unspecified atom stereocenters. The SMILES string of the molecule is CC(=O)O[SiH2]Cl. The maximum atomic E-state index is 9.77. The fourth-order valence-electron chi connectivity index (χ4n) is 0.0768. The molecule has 0 aromatic heterocycles. The van der Waals surface area contributed by atoms with Gasteiger partial charge in [-0.1, -0.05) is 0 Å². The van der Waals surface area contributed by atoms with Crippen molar-refractivity contribution in [1.82, 2.24) is 0 Å². The largest absolute Gasteiger partial charge is 0.510 e. The Morgan fingerprint density at radius 1 is 2.00 bits per heavy atom. The number of carbonyl (C=O) groups excluding carboxylic acids is 1. The van der Waals surface area contributed by atoms with Crippen LogP contribution in [0.15, 0.2) is 0 Å². The summed E-state index contributed by atoms with van der Waals surface area (Å²) in [6.07, 6.45) is 0. The molecule has 4 heteroatoms. The highest BCUT2D eigenvalue weighted by atomic mass is 35.6. The van der Waals surface area contributed by atoms with Crippen LogP contribution in [0.2, 0.25) is 0 Å². The van der Waals surface area contributed by atoms with Gasteiger partial charge in [-0.25, -0.2) is 0 Å². The van der Waals surface area contributed by atoms with Crippen molar-refractivity contribution in [2.75, 3.05) is 0 Å². The standard InChI is InChI=1S/C2H5ClO2Si/c1-2(4)5-6-3/h6H2,1H3. The topological polar surface area (TPSA) is 26.3 Å². The fraction of sp³-hybridized carbons (Fsp3) is 0.500. The minimum atomic E-state index is -1.01. The number of hydrogen-bond donors (Lipinski definition) is 0. The van der Waals surface area contributed by atoms with E-state index in [1.807, 2.05) is 0 Å². The fourth-order valence-corrected chi connectivity index (χ4v) is 0.691. The van der Waals surface area contributed by atoms with Crippen LogP contribution in [-0.4, -0.2) is 15.0 Å². The second-order valence-corrected chi connectivity index (χ2v) is 1.91. The van der Waals surface area contributed by atoms with Gasteiger partial charge in [0.1, 0.15) is 0 Å². The van der Waals surface area contributed by atoms with E-state index in [0.717, 1.165) is 0 Å². The lowest BCUT2D eigenvalue weighted by molar-refractivity contribution is -0.131. The number of halogens is 1. The van der Waals surface area contributed by atoms with Crippen LogP contribution in [0.1, 0.15) is 6.92 Å². The molecule has 0 heterocycles. The Hall–Kier alpha value is -0.0231. The molecule has 0 spiro atoms. The van der Waals surface area contributed by atoms with Crippen LogP contribution in [0.25, 0.3) is 0 Å². The van der Waals surface area contributed by atoms with Gasteiger partial charge in [0.15, 0.2) is 0 Å². The first-order valence-corrected chi connectivity index (χ1v) is 4.18. The van der Waals surface area contributed by atoms with Crippen LogP contribution in [0, 0.1) is 0 Å². The summed E-state index contributed by atoms with van der Waals surface area (Å²) in [5.41, 5.74) is 0. The number of rotatable bonds is 1. The Morgan fingerprint density at radius 3 is 2.50 bits per heavy atom. The van der Waals surface area contributed by atoms with Gasteiger partial charge in [-0.15, -0.1) is 11.1 Å². The summed E-state index contributed by atoms with van der Waals surface area (Å²) < 4.78 is 4.31. The Bertz CT molecular complexity index is 55.5. The van der Waals surface area contributed by atoms with Crippen LogP contribution in [0.4, 0.5) is 0 Å². The minimum absolute atomic E-state index is 0.281. The first kappa shape index (κ1) is 5.98. The first-order valence-electron chi connectivity index (χ1n) is 1.46. The van der Waals surface area contributed by atoms with Gasteiger partial charge in [0.25, 0.3) is 5.97 Å². The van der Waals surface area contributed by atoms with Gasteiger partial charge < -0.3 is 4.43 Å². The number of carbonyl (C=O) groups is 1. The lowest BCUT2D eigenvalue weighted by atomic mass is 10.9. The molecule has 0 radical (unpaired) electrons. The van der Waals surface area contributed by atoms with Crippen molar-refractivity contribution in [2.24, 2.45) is 0 Å². The van der Waals surface area contributed by atoms with Crippen molar-refractivity contribution in [1.29, 1.82) is 0 Å². The summed E-state index contributed by atoms with van der Waals surface area (Å²) in [6, 6.07) is 0. The highest BCUT2D eigenvalue weighted by molar-refractivity contribution is 6.90. The molecule has 0 rings (SSSR count). The van der Waals surface area contributed by atoms with E-state index in [0.29, 0.717) is 0 Å². The van der Waals surface area contributed by atoms with Crippen LogP contribution in [0.3, 0.4) is 0 Å². The average Bonchev–Trinajstić information content (AvgIpc) is 1.35. The van der Waals surface area contributed by atoms with Crippen molar-refractivity contribution in [3.05, 3.63) is 0 Å². The van der Waals surface area contributed by atoms with Gasteiger partial charge in [-0.3, -0.25) is 4.79 Å². The molecule has 0 N–H and O–H groups in total. The molecule has 0 fully saturated rings. The van der Waals surface area contributed by atoms with E-state index < -0.39 is 9.07 Å². The third-order valence-electron chi connectivity index (χ3n) is 0.258. The maximum absolute atomic E-state index is 9.77. The molecular weight excluding hydrogens is 120 g/mol. The predicted molar refractivity (Wildman–Crippen MR) is 26.2 cm³/mol. The molecule has 0 saturated carbocycles. The van der Waals surface area contributed by atoms with Crippen molar-refractivity contribution in [3.63, 3.8) is 0 Å². The zero-order valence-electron chi connectivity index (χ0n) is 3.40. The summed E-state index contributed by atoms with van der Waals surface area (Å²) in [4.78, 5) is 9.77. The highest BCUT2D eigenvalue weighted by Gasteiger charge is 1.83. The second-order valence-electron chi connectivity index (χ2n) is 0.745. The van der Waals surface area contributed by atoms with Crippen LogP contribution in [-0.2, 0) is 9.22 Å². The molecule has 0 aromatic rings. The zero-order valence-corrected chi connectivity index (χ0v) is 5.57. The van der Waals surface area contributed by atoms with E-state index in [9.17, 15) is 4.79 Å². The minimum Gasteiger partial charge on any atom is -0.510 e. The van der Waals surface area contributed by atoms with E-state index >= 15 is 0 Å². The molecule has 36 valence electrons. The van der Waals surface area contributed by atoms with Gasteiger partial charge in [0, 0.05) is 6.92 Å². The summed E-state index contributed by atoms with van der Waals surface area (Å²) in [5, 5.41) is 0. The van der Waals surface area contributed by atoms with E-state index in [1.54, 1.807) is 0 Å². The lowest BCUT2D eigenvalue weighted by Gasteiger charge is -1.87. The van der Waals surface area contributed by atoms with Gasteiger partial charge >= 0.3 is 9.07 Å². The van der Waals surface area contributed by atoms with Gasteiger partial charge in [0.05, 0.1) is 0 Å². The smallest absolute Gasteiger partial charge is 0.320 e. The van der Waals surface area contributed by atoms with Gasteiger partial charge in [-0.05, 0) is 0 Å². The van der Waals surface area contributed by atoms with Crippen molar-refractivity contribution < 1.29 is 9.22 Å². The summed E-state index contributed by atoms with van der Waals surface area (Å²) in [5.74, 6) is -0.281. The molecule has 0 saturated heterocycles. The summed E-state index contributed by atoms with van der Waals surface area (Å²) >= 11 is 5.09. The molecule has 0 aliphatic carbocycles. The summed E-state index contributed by atoms with van der Waals surface area (Å²) in [7, 11) is -1.01. The molecule has 0 aliphatic heterocycles. The Labute approximate surface area is 43.1 Å². The highest BCUT2D eigenvalue weighted by Crippen LogP contribution is 1.72. The molecular formula is C2H5ClO2Si. The van der Waals surface area contributed by atoms with Crippen molar-refractivity contribution in [3.8, 4) is 0 Å². The van der Waals surface area contributed by atoms with E-state index in [1.165, 1.54) is 6.92 Å². The van der Waals surface area contributed by atoms with E-state index in [4.69, 9.17) is 11.1 Å². The van der Waals surface area contributed by atoms with Crippen LogP contribution < -0.4 is 0 Å². The molecule has 2 nitrogen and oxygen atoms in total. The Kier molecular flexibility index (Phi) is 3.17. The zero-order chi connectivity index (χ0) is 4.99. The van der Waals surface area contributed by atoms with E-state index in [2.05, 4.69) is 4.43 Å². The van der Waals surface area contributed by atoms with Gasteiger partial charge in [0.2, 0.25) is 0 Å². The molecule has 0 aliphatic rings. The van der Waals surface area contributed by atoms with Crippen LogP contribution in [0.5, 0.6) is 0 Å². The van der Waals surface area contributed by atoms with E-state index in [-0.39, 0.29) is 5.97 Å². The van der Waals surface area contributed by atoms with Gasteiger partial charge in [-0.2, -0.15) is 0 Å². The monoisotopic (exact) mass is 124 g/mol. The third-order valence-corrected chi connectivity index (χ3v) is 1.10. The maximum Gasteiger partial charge on any atom is 0.320 e. The average molecular weight is 125 g/mol. The van der Waals surface area contributed by atoms with Crippen LogP contribution >= 0.6 is 11.1 Å². The molecule has 0 atom stereocenters. The quantitative estimate of drug-likeness (QED) is 0.357. The van der Waals surface area contributed by atoms with Crippen molar-refractivity contribution >= 4 is 26.1 Å². The summed E-state index contributed by atoms with van der Waals surface area (Å²) in [6.45, 7) is 1.34. The number of hydrogen-bond acceptors (Lipinski definition) is 2. The Morgan fingerprint density at radius 2 is 2.50 bits per heavy atom. The first-order chi connectivity index (χ1) is 2.77.